The predicted molar refractivity (Wildman–Crippen MR) is 75.8 cm³/mol. The van der Waals surface area contributed by atoms with E-state index in [1.807, 2.05) is 0 Å². The van der Waals surface area contributed by atoms with Crippen LogP contribution in [0.5, 0.6) is 0 Å². The van der Waals surface area contributed by atoms with Gasteiger partial charge in [0.05, 0.1) is 15.2 Å². The molecular weight excluding hydrogens is 270 g/mol. The third-order valence-corrected chi connectivity index (χ3v) is 5.29. The van der Waals surface area contributed by atoms with Gasteiger partial charge in [0.1, 0.15) is 0 Å². The molecule has 0 radical (unpaired) electrons. The standard InChI is InChI=1S/C13H20ClNO2S/c1-10(2)8-15-9-11(3)18(16,17)13-7-5-4-6-12(13)14/h4-7,10-11,15H,8-9H2,1-3H3. The van der Waals surface area contributed by atoms with Crippen molar-refractivity contribution in [2.24, 2.45) is 5.92 Å². The van der Waals surface area contributed by atoms with Gasteiger partial charge in [0.15, 0.2) is 9.84 Å². The summed E-state index contributed by atoms with van der Waals surface area (Å²) < 4.78 is 24.6. The monoisotopic (exact) mass is 289 g/mol. The average Bonchev–Trinajstić information content (AvgIpc) is 2.28. The third-order valence-electron chi connectivity index (χ3n) is 2.66. The van der Waals surface area contributed by atoms with Gasteiger partial charge in [0, 0.05) is 6.54 Å². The van der Waals surface area contributed by atoms with Crippen molar-refractivity contribution in [3.63, 3.8) is 0 Å². The van der Waals surface area contributed by atoms with E-state index in [1.165, 1.54) is 0 Å². The highest BCUT2D eigenvalue weighted by atomic mass is 35.5. The van der Waals surface area contributed by atoms with Gasteiger partial charge in [-0.25, -0.2) is 8.42 Å². The Balaban J connectivity index is 2.78. The minimum atomic E-state index is -3.36. The Morgan fingerprint density at radius 1 is 1.17 bits per heavy atom. The van der Waals surface area contributed by atoms with E-state index in [0.717, 1.165) is 6.54 Å². The summed E-state index contributed by atoms with van der Waals surface area (Å²) in [5.74, 6) is 0.500. The molecule has 3 nitrogen and oxygen atoms in total. The van der Waals surface area contributed by atoms with E-state index in [1.54, 1.807) is 31.2 Å². The normalized spacial score (nSPS) is 13.8. The van der Waals surface area contributed by atoms with E-state index in [4.69, 9.17) is 11.6 Å². The summed E-state index contributed by atoms with van der Waals surface area (Å²) in [6, 6.07) is 6.56. The Kier molecular flexibility index (Phi) is 5.63. The van der Waals surface area contributed by atoms with E-state index < -0.39 is 15.1 Å². The number of rotatable bonds is 6. The number of benzene rings is 1. The van der Waals surface area contributed by atoms with Crippen LogP contribution in [0.25, 0.3) is 0 Å². The minimum absolute atomic E-state index is 0.213. The van der Waals surface area contributed by atoms with Crippen molar-refractivity contribution in [2.45, 2.75) is 30.9 Å². The van der Waals surface area contributed by atoms with Gasteiger partial charge in [0.25, 0.3) is 0 Å². The van der Waals surface area contributed by atoms with Crippen LogP contribution in [-0.4, -0.2) is 26.8 Å². The van der Waals surface area contributed by atoms with Crippen molar-refractivity contribution in [3.05, 3.63) is 29.3 Å². The van der Waals surface area contributed by atoms with Gasteiger partial charge in [-0.2, -0.15) is 0 Å². The second-order valence-electron chi connectivity index (χ2n) is 4.84. The van der Waals surface area contributed by atoms with Crippen LogP contribution in [0.3, 0.4) is 0 Å². The van der Waals surface area contributed by atoms with Crippen molar-refractivity contribution in [1.82, 2.24) is 5.32 Å². The van der Waals surface area contributed by atoms with Crippen LogP contribution >= 0.6 is 11.6 Å². The summed E-state index contributed by atoms with van der Waals surface area (Å²) in [4.78, 5) is 0.213. The molecule has 1 atom stereocenters. The van der Waals surface area contributed by atoms with Gasteiger partial charge in [-0.15, -0.1) is 0 Å². The highest BCUT2D eigenvalue weighted by molar-refractivity contribution is 7.92. The summed E-state index contributed by atoms with van der Waals surface area (Å²) in [5.41, 5.74) is 0. The van der Waals surface area contributed by atoms with Crippen LogP contribution in [0.1, 0.15) is 20.8 Å². The Morgan fingerprint density at radius 3 is 2.33 bits per heavy atom. The van der Waals surface area contributed by atoms with E-state index in [2.05, 4.69) is 19.2 Å². The SMILES string of the molecule is CC(C)CNCC(C)S(=O)(=O)c1ccccc1Cl. The fourth-order valence-electron chi connectivity index (χ4n) is 1.58. The molecule has 0 heterocycles. The van der Waals surface area contributed by atoms with Crippen LogP contribution in [0.2, 0.25) is 5.02 Å². The van der Waals surface area contributed by atoms with E-state index in [-0.39, 0.29) is 9.92 Å². The predicted octanol–water partition coefficient (Wildman–Crippen LogP) is 2.75. The highest BCUT2D eigenvalue weighted by Gasteiger charge is 2.24. The van der Waals surface area contributed by atoms with Gasteiger partial charge < -0.3 is 5.32 Å². The molecule has 18 heavy (non-hydrogen) atoms. The summed E-state index contributed by atoms with van der Waals surface area (Å²) >= 11 is 5.94. The molecule has 0 amide bonds. The second-order valence-corrected chi connectivity index (χ2v) is 7.58. The average molecular weight is 290 g/mol. The lowest BCUT2D eigenvalue weighted by molar-refractivity contribution is 0.535. The van der Waals surface area contributed by atoms with Crippen molar-refractivity contribution in [2.75, 3.05) is 13.1 Å². The lowest BCUT2D eigenvalue weighted by atomic mass is 10.2. The summed E-state index contributed by atoms with van der Waals surface area (Å²) in [6.07, 6.45) is 0. The Morgan fingerprint density at radius 2 is 1.78 bits per heavy atom. The number of hydrogen-bond acceptors (Lipinski definition) is 3. The second kappa shape index (κ2) is 6.55. The zero-order chi connectivity index (χ0) is 13.8. The van der Waals surface area contributed by atoms with Crippen molar-refractivity contribution >= 4 is 21.4 Å². The lowest BCUT2D eigenvalue weighted by Gasteiger charge is -2.15. The molecule has 1 aromatic carbocycles. The Labute approximate surface area is 114 Å². The number of sulfone groups is 1. The first-order chi connectivity index (χ1) is 8.35. The Bertz CT molecular complexity index is 486. The molecule has 0 saturated carbocycles. The first-order valence-electron chi connectivity index (χ1n) is 6.05. The zero-order valence-electron chi connectivity index (χ0n) is 11.0. The molecule has 0 bridgehead atoms. The van der Waals surface area contributed by atoms with Crippen LogP contribution in [0.15, 0.2) is 29.2 Å². The minimum Gasteiger partial charge on any atom is -0.315 e. The molecule has 1 unspecified atom stereocenters. The lowest BCUT2D eigenvalue weighted by Crippen LogP contribution is -2.33. The van der Waals surface area contributed by atoms with Gasteiger partial charge in [-0.05, 0) is 31.5 Å². The molecule has 1 aromatic rings. The van der Waals surface area contributed by atoms with E-state index >= 15 is 0 Å². The molecule has 0 aliphatic carbocycles. The van der Waals surface area contributed by atoms with Crippen molar-refractivity contribution in [1.29, 1.82) is 0 Å². The van der Waals surface area contributed by atoms with Crippen molar-refractivity contribution in [3.8, 4) is 0 Å². The first-order valence-corrected chi connectivity index (χ1v) is 7.97. The van der Waals surface area contributed by atoms with Crippen molar-refractivity contribution < 1.29 is 8.42 Å². The van der Waals surface area contributed by atoms with Crippen LogP contribution in [-0.2, 0) is 9.84 Å². The van der Waals surface area contributed by atoms with Crippen LogP contribution in [0.4, 0.5) is 0 Å². The first kappa shape index (κ1) is 15.5. The molecule has 1 N–H and O–H groups in total. The van der Waals surface area contributed by atoms with Crippen LogP contribution in [0, 0.1) is 5.92 Å². The Hall–Kier alpha value is -0.580. The smallest absolute Gasteiger partial charge is 0.183 e. The third kappa shape index (κ3) is 3.97. The molecule has 0 spiro atoms. The fourth-order valence-corrected chi connectivity index (χ4v) is 3.41. The molecule has 0 fully saturated rings. The summed E-state index contributed by atoms with van der Waals surface area (Å²) in [5, 5.41) is 2.95. The maximum Gasteiger partial charge on any atom is 0.183 e. The molecule has 1 rings (SSSR count). The zero-order valence-corrected chi connectivity index (χ0v) is 12.6. The maximum atomic E-state index is 12.3. The number of hydrogen-bond donors (Lipinski definition) is 1. The molecule has 0 aliphatic rings. The van der Waals surface area contributed by atoms with E-state index in [0.29, 0.717) is 12.5 Å². The fraction of sp³-hybridized carbons (Fsp3) is 0.538. The quantitative estimate of drug-likeness (QED) is 0.876. The molecule has 0 saturated heterocycles. The van der Waals surface area contributed by atoms with E-state index in [9.17, 15) is 8.42 Å². The largest absolute Gasteiger partial charge is 0.315 e. The molecule has 0 aliphatic heterocycles. The number of nitrogens with one attached hydrogen (secondary N) is 1. The summed E-state index contributed by atoms with van der Waals surface area (Å²) in [6.45, 7) is 7.11. The molecule has 5 heteroatoms. The maximum absolute atomic E-state index is 12.3. The molecule has 102 valence electrons. The summed E-state index contributed by atoms with van der Waals surface area (Å²) in [7, 11) is -3.36. The molecular formula is C13H20ClNO2S. The van der Waals surface area contributed by atoms with Gasteiger partial charge in [-0.1, -0.05) is 37.6 Å². The highest BCUT2D eigenvalue weighted by Crippen LogP contribution is 2.24. The molecule has 0 aromatic heterocycles. The van der Waals surface area contributed by atoms with Gasteiger partial charge in [0.2, 0.25) is 0 Å². The number of halogens is 1. The van der Waals surface area contributed by atoms with Gasteiger partial charge >= 0.3 is 0 Å². The topological polar surface area (TPSA) is 46.2 Å². The van der Waals surface area contributed by atoms with Crippen LogP contribution < -0.4 is 5.32 Å². The van der Waals surface area contributed by atoms with Gasteiger partial charge in [-0.3, -0.25) is 0 Å².